The number of hydrogen-bond donors (Lipinski definition) is 1. The first-order valence-corrected chi connectivity index (χ1v) is 5.93. The molecule has 0 fully saturated rings. The number of esters is 1. The molecule has 1 amide bonds. The van der Waals surface area contributed by atoms with Crippen molar-refractivity contribution in [2.75, 3.05) is 7.11 Å². The Balaban J connectivity index is 2.39. The van der Waals surface area contributed by atoms with Crippen LogP contribution in [0.5, 0.6) is 0 Å². The van der Waals surface area contributed by atoms with E-state index in [4.69, 9.17) is 0 Å². The van der Waals surface area contributed by atoms with Crippen LogP contribution in [0.2, 0.25) is 0 Å². The Labute approximate surface area is 107 Å². The van der Waals surface area contributed by atoms with E-state index < -0.39 is 12.0 Å². The van der Waals surface area contributed by atoms with Gasteiger partial charge in [0.25, 0.3) is 0 Å². The first-order valence-electron chi connectivity index (χ1n) is 5.93. The van der Waals surface area contributed by atoms with Gasteiger partial charge in [-0.3, -0.25) is 4.79 Å². The summed E-state index contributed by atoms with van der Waals surface area (Å²) >= 11 is 0. The summed E-state index contributed by atoms with van der Waals surface area (Å²) in [6, 6.07) is -0.555. The molecule has 0 heterocycles. The maximum absolute atomic E-state index is 11.4. The summed E-state index contributed by atoms with van der Waals surface area (Å²) in [5.41, 5.74) is 1.17. The van der Waals surface area contributed by atoms with Gasteiger partial charge in [-0.05, 0) is 12.8 Å². The fraction of sp³-hybridized carbons (Fsp3) is 0.429. The average Bonchev–Trinajstić information content (AvgIpc) is 2.37. The van der Waals surface area contributed by atoms with Gasteiger partial charge in [0.05, 0.1) is 18.8 Å². The Kier molecular flexibility index (Phi) is 5.81. The van der Waals surface area contributed by atoms with E-state index in [0.29, 0.717) is 6.42 Å². The van der Waals surface area contributed by atoms with Crippen LogP contribution in [0.4, 0.5) is 0 Å². The Morgan fingerprint density at radius 3 is 2.83 bits per heavy atom. The van der Waals surface area contributed by atoms with Crippen LogP contribution in [0.15, 0.2) is 29.9 Å². The normalized spacial score (nSPS) is 14.4. The lowest BCUT2D eigenvalue weighted by Crippen LogP contribution is -2.40. The van der Waals surface area contributed by atoms with Crippen molar-refractivity contribution in [3.8, 4) is 0 Å². The van der Waals surface area contributed by atoms with Crippen LogP contribution in [0.3, 0.4) is 0 Å². The fourth-order valence-electron chi connectivity index (χ4n) is 1.73. The number of nitrogens with one attached hydrogen (secondary N) is 1. The number of carbonyl (C=O) groups is 2. The highest BCUT2D eigenvalue weighted by molar-refractivity contribution is 5.83. The molecule has 0 saturated heterocycles. The summed E-state index contributed by atoms with van der Waals surface area (Å²) in [5.74, 6) is -0.622. The zero-order valence-corrected chi connectivity index (χ0v) is 10.7. The van der Waals surface area contributed by atoms with E-state index in [0.717, 1.165) is 12.8 Å². The van der Waals surface area contributed by atoms with Gasteiger partial charge in [0.2, 0.25) is 5.91 Å². The molecule has 1 rings (SSSR count). The van der Waals surface area contributed by atoms with Gasteiger partial charge in [0.15, 0.2) is 0 Å². The molecule has 1 N–H and O–H groups in total. The third-order valence-electron chi connectivity index (χ3n) is 2.59. The predicted octanol–water partition coefficient (Wildman–Crippen LogP) is 1.69. The summed E-state index contributed by atoms with van der Waals surface area (Å²) in [4.78, 5) is 22.4. The maximum atomic E-state index is 11.4. The van der Waals surface area contributed by atoms with Gasteiger partial charge in [-0.2, -0.15) is 0 Å². The quantitative estimate of drug-likeness (QED) is 0.575. The van der Waals surface area contributed by atoms with Crippen molar-refractivity contribution in [2.45, 2.75) is 32.2 Å². The molecule has 0 aromatic carbocycles. The number of ether oxygens (including phenoxy) is 1. The smallest absolute Gasteiger partial charge is 0.328 e. The maximum Gasteiger partial charge on any atom is 0.328 e. The van der Waals surface area contributed by atoms with Gasteiger partial charge < -0.3 is 10.1 Å². The lowest BCUT2D eigenvalue weighted by atomic mass is 10.0. The van der Waals surface area contributed by atoms with E-state index in [1.54, 1.807) is 0 Å². The molecule has 1 atom stereocenters. The van der Waals surface area contributed by atoms with Crippen molar-refractivity contribution in [1.82, 2.24) is 5.32 Å². The minimum Gasteiger partial charge on any atom is -0.467 e. The summed E-state index contributed by atoms with van der Waals surface area (Å²) in [6.07, 6.45) is 12.9. The molecule has 0 aromatic heterocycles. The largest absolute Gasteiger partial charge is 0.467 e. The van der Waals surface area contributed by atoms with Crippen LogP contribution in [0.25, 0.3) is 0 Å². The number of amides is 1. The average molecular weight is 248 g/mol. The third kappa shape index (κ3) is 4.93. The van der Waals surface area contributed by atoms with Crippen LogP contribution < -0.4 is 5.32 Å². The second-order valence-corrected chi connectivity index (χ2v) is 4.08. The SMILES string of the molecule is COC(=O)C(CCCC1=CC=C[C+]=C1)NC(C)=O. The molecule has 0 aliphatic heterocycles. The van der Waals surface area contributed by atoms with E-state index >= 15 is 0 Å². The Morgan fingerprint density at radius 2 is 2.28 bits per heavy atom. The highest BCUT2D eigenvalue weighted by atomic mass is 16.5. The molecule has 4 heteroatoms. The highest BCUT2D eigenvalue weighted by Gasteiger charge is 2.19. The lowest BCUT2D eigenvalue weighted by molar-refractivity contribution is -0.145. The number of allylic oxidation sites excluding steroid dienone is 6. The van der Waals surface area contributed by atoms with Crippen molar-refractivity contribution < 1.29 is 14.3 Å². The summed E-state index contributed by atoms with van der Waals surface area (Å²) in [7, 11) is 1.32. The molecule has 0 radical (unpaired) electrons. The van der Waals surface area contributed by atoms with E-state index in [2.05, 4.69) is 16.1 Å². The Bertz CT molecular complexity index is 394. The number of methoxy groups -OCH3 is 1. The predicted molar refractivity (Wildman–Crippen MR) is 68.5 cm³/mol. The van der Waals surface area contributed by atoms with Crippen molar-refractivity contribution in [3.63, 3.8) is 0 Å². The molecular weight excluding hydrogens is 230 g/mol. The minimum absolute atomic E-state index is 0.224. The van der Waals surface area contributed by atoms with Crippen LogP contribution in [-0.4, -0.2) is 25.0 Å². The highest BCUT2D eigenvalue weighted by Crippen LogP contribution is 2.13. The van der Waals surface area contributed by atoms with Crippen molar-refractivity contribution >= 4 is 11.9 Å². The first kappa shape index (κ1) is 14.1. The van der Waals surface area contributed by atoms with Gasteiger partial charge >= 0.3 is 5.97 Å². The number of rotatable bonds is 6. The number of carbonyl (C=O) groups excluding carboxylic acids is 2. The topological polar surface area (TPSA) is 55.4 Å². The monoisotopic (exact) mass is 248 g/mol. The lowest BCUT2D eigenvalue weighted by Gasteiger charge is -2.14. The van der Waals surface area contributed by atoms with Crippen LogP contribution in [-0.2, 0) is 14.3 Å². The van der Waals surface area contributed by atoms with E-state index in [-0.39, 0.29) is 5.91 Å². The standard InChI is InChI=1S/C14H17NO3/c1-11(16)15-13(14(17)18-2)10-6-9-12-7-4-3-5-8-12/h3-4,7-8,13H,6,9-10H2,1-2H3/p+1. The molecule has 18 heavy (non-hydrogen) atoms. The molecular formula is C14H18NO3+. The van der Waals surface area contributed by atoms with Crippen LogP contribution in [0, 0.1) is 6.08 Å². The van der Waals surface area contributed by atoms with Gasteiger partial charge in [0.1, 0.15) is 18.2 Å². The Hall–Kier alpha value is -1.93. The molecule has 1 aliphatic rings. The third-order valence-corrected chi connectivity index (χ3v) is 2.59. The Morgan fingerprint density at radius 1 is 1.50 bits per heavy atom. The molecule has 0 bridgehead atoms. The van der Waals surface area contributed by atoms with E-state index in [1.807, 2.05) is 24.3 Å². The van der Waals surface area contributed by atoms with Crippen molar-refractivity contribution in [2.24, 2.45) is 0 Å². The second-order valence-electron chi connectivity index (χ2n) is 4.08. The molecule has 4 nitrogen and oxygen atoms in total. The van der Waals surface area contributed by atoms with Crippen LogP contribution >= 0.6 is 0 Å². The van der Waals surface area contributed by atoms with Gasteiger partial charge in [-0.15, -0.1) is 0 Å². The molecule has 1 unspecified atom stereocenters. The molecule has 0 spiro atoms. The fourth-order valence-corrected chi connectivity index (χ4v) is 1.73. The van der Waals surface area contributed by atoms with E-state index in [1.165, 1.54) is 19.6 Å². The van der Waals surface area contributed by atoms with Gasteiger partial charge in [-0.25, -0.2) is 4.79 Å². The van der Waals surface area contributed by atoms with Crippen molar-refractivity contribution in [3.05, 3.63) is 36.0 Å². The van der Waals surface area contributed by atoms with E-state index in [9.17, 15) is 9.59 Å². The second kappa shape index (κ2) is 7.41. The minimum atomic E-state index is -0.555. The van der Waals surface area contributed by atoms with Crippen LogP contribution in [0.1, 0.15) is 26.2 Å². The van der Waals surface area contributed by atoms with Crippen molar-refractivity contribution in [1.29, 1.82) is 0 Å². The van der Waals surface area contributed by atoms with Gasteiger partial charge in [-0.1, -0.05) is 0 Å². The van der Waals surface area contributed by atoms with Gasteiger partial charge in [0, 0.05) is 25.5 Å². The summed E-state index contributed by atoms with van der Waals surface area (Å²) in [5, 5.41) is 2.60. The molecule has 1 aliphatic carbocycles. The summed E-state index contributed by atoms with van der Waals surface area (Å²) in [6.45, 7) is 1.39. The number of hydrogen-bond acceptors (Lipinski definition) is 3. The first-order chi connectivity index (χ1) is 8.63. The molecule has 0 aromatic rings. The zero-order chi connectivity index (χ0) is 13.4. The molecule has 96 valence electrons. The molecule has 0 saturated carbocycles. The summed E-state index contributed by atoms with van der Waals surface area (Å²) < 4.78 is 4.66. The zero-order valence-electron chi connectivity index (χ0n) is 10.7.